The van der Waals surface area contributed by atoms with Crippen LogP contribution in [0.15, 0.2) is 30.6 Å². The number of amides is 1. The van der Waals surface area contributed by atoms with Crippen LogP contribution in [-0.2, 0) is 11.5 Å². The number of anilines is 1. The van der Waals surface area contributed by atoms with Gasteiger partial charge in [-0.25, -0.2) is 4.68 Å². The Labute approximate surface area is 128 Å². The molecular weight excluding hydrogens is 286 g/mol. The number of carbonyl (C=O) groups excluding carboxylic acids is 1. The summed E-state index contributed by atoms with van der Waals surface area (Å²) >= 11 is 0. The van der Waals surface area contributed by atoms with Crippen LogP contribution in [0, 0.1) is 0 Å². The Bertz CT molecular complexity index is 617. The van der Waals surface area contributed by atoms with Gasteiger partial charge in [0.1, 0.15) is 18.2 Å². The van der Waals surface area contributed by atoms with E-state index in [2.05, 4.69) is 10.4 Å². The first-order valence-electron chi connectivity index (χ1n) is 6.81. The minimum atomic E-state index is -0.270. The molecule has 7 nitrogen and oxygen atoms in total. The van der Waals surface area contributed by atoms with Crippen LogP contribution in [0.4, 0.5) is 5.69 Å². The van der Waals surface area contributed by atoms with Gasteiger partial charge in [0.25, 0.3) is 5.91 Å². The van der Waals surface area contributed by atoms with E-state index in [0.29, 0.717) is 36.1 Å². The second kappa shape index (κ2) is 7.46. The first kappa shape index (κ1) is 15.8. The molecule has 0 aliphatic rings. The van der Waals surface area contributed by atoms with Gasteiger partial charge in [-0.1, -0.05) is 0 Å². The lowest BCUT2D eigenvalue weighted by molar-refractivity contribution is 0.0792. The van der Waals surface area contributed by atoms with E-state index in [9.17, 15) is 4.79 Å². The molecule has 1 aromatic carbocycles. The van der Waals surface area contributed by atoms with E-state index in [-0.39, 0.29) is 5.91 Å². The van der Waals surface area contributed by atoms with Crippen LogP contribution in [-0.4, -0.2) is 36.5 Å². The van der Waals surface area contributed by atoms with Crippen LogP contribution >= 0.6 is 0 Å². The molecule has 118 valence electrons. The molecule has 0 saturated carbocycles. The van der Waals surface area contributed by atoms with Gasteiger partial charge in [-0.15, -0.1) is 0 Å². The van der Waals surface area contributed by atoms with Crippen molar-refractivity contribution < 1.29 is 19.0 Å². The second-order valence-corrected chi connectivity index (χ2v) is 4.45. The van der Waals surface area contributed by atoms with Crippen molar-refractivity contribution in [2.45, 2.75) is 13.7 Å². The lowest BCUT2D eigenvalue weighted by Gasteiger charge is -2.08. The van der Waals surface area contributed by atoms with Gasteiger partial charge in [0, 0.05) is 18.2 Å². The summed E-state index contributed by atoms with van der Waals surface area (Å²) in [5, 5.41) is 6.86. The first-order chi connectivity index (χ1) is 10.7. The van der Waals surface area contributed by atoms with E-state index in [4.69, 9.17) is 14.2 Å². The van der Waals surface area contributed by atoms with E-state index in [0.717, 1.165) is 0 Å². The largest absolute Gasteiger partial charge is 0.497 e. The molecule has 0 fully saturated rings. The molecule has 7 heteroatoms. The minimum Gasteiger partial charge on any atom is -0.497 e. The highest BCUT2D eigenvalue weighted by Crippen LogP contribution is 2.23. The van der Waals surface area contributed by atoms with E-state index in [1.165, 1.54) is 14.2 Å². The molecule has 2 aromatic rings. The van der Waals surface area contributed by atoms with Crippen LogP contribution in [0.3, 0.4) is 0 Å². The van der Waals surface area contributed by atoms with Gasteiger partial charge in [0.05, 0.1) is 32.3 Å². The monoisotopic (exact) mass is 305 g/mol. The van der Waals surface area contributed by atoms with Gasteiger partial charge in [0.2, 0.25) is 0 Å². The summed E-state index contributed by atoms with van der Waals surface area (Å²) < 4.78 is 17.1. The van der Waals surface area contributed by atoms with E-state index in [1.807, 2.05) is 6.92 Å². The van der Waals surface area contributed by atoms with E-state index >= 15 is 0 Å². The fourth-order valence-electron chi connectivity index (χ4n) is 1.83. The van der Waals surface area contributed by atoms with Crippen molar-refractivity contribution in [3.8, 4) is 11.5 Å². The summed E-state index contributed by atoms with van der Waals surface area (Å²) in [6.45, 7) is 2.85. The first-order valence-corrected chi connectivity index (χ1v) is 6.81. The molecule has 1 heterocycles. The average molecular weight is 305 g/mol. The zero-order chi connectivity index (χ0) is 15.9. The molecule has 0 atom stereocenters. The standard InChI is InChI=1S/C15H19N3O4/c1-4-22-10-18-9-12(8-16-18)17-15(19)11-5-13(20-2)7-14(6-11)21-3/h5-9H,4,10H2,1-3H3,(H,17,19). The third-order valence-electron chi connectivity index (χ3n) is 2.93. The summed E-state index contributed by atoms with van der Waals surface area (Å²) in [6, 6.07) is 4.99. The molecule has 0 saturated heterocycles. The fraction of sp³-hybridized carbons (Fsp3) is 0.333. The Kier molecular flexibility index (Phi) is 5.37. The summed E-state index contributed by atoms with van der Waals surface area (Å²) in [5.41, 5.74) is 1.03. The van der Waals surface area contributed by atoms with Crippen LogP contribution in [0.2, 0.25) is 0 Å². The predicted molar refractivity (Wildman–Crippen MR) is 81.4 cm³/mol. The van der Waals surface area contributed by atoms with Crippen molar-refractivity contribution in [3.63, 3.8) is 0 Å². The Balaban J connectivity index is 2.09. The smallest absolute Gasteiger partial charge is 0.256 e. The van der Waals surface area contributed by atoms with Crippen LogP contribution < -0.4 is 14.8 Å². The Morgan fingerprint density at radius 3 is 2.50 bits per heavy atom. The number of nitrogens with one attached hydrogen (secondary N) is 1. The molecule has 0 unspecified atom stereocenters. The number of hydrogen-bond acceptors (Lipinski definition) is 5. The molecule has 0 bridgehead atoms. The predicted octanol–water partition coefficient (Wildman–Crippen LogP) is 2.15. The van der Waals surface area contributed by atoms with Crippen LogP contribution in [0.5, 0.6) is 11.5 Å². The van der Waals surface area contributed by atoms with Crippen molar-refractivity contribution in [3.05, 3.63) is 36.2 Å². The second-order valence-electron chi connectivity index (χ2n) is 4.45. The van der Waals surface area contributed by atoms with Gasteiger partial charge in [-0.05, 0) is 19.1 Å². The Hall–Kier alpha value is -2.54. The highest BCUT2D eigenvalue weighted by molar-refractivity contribution is 6.04. The molecule has 22 heavy (non-hydrogen) atoms. The summed E-state index contributed by atoms with van der Waals surface area (Å²) in [5.74, 6) is 0.834. The maximum atomic E-state index is 12.3. The molecule has 0 spiro atoms. The molecule has 1 N–H and O–H groups in total. The maximum absolute atomic E-state index is 12.3. The third-order valence-corrected chi connectivity index (χ3v) is 2.93. The SMILES string of the molecule is CCOCn1cc(NC(=O)c2cc(OC)cc(OC)c2)cn1. The number of ether oxygens (including phenoxy) is 3. The molecule has 0 aliphatic carbocycles. The van der Waals surface area contributed by atoms with Crippen molar-refractivity contribution in [2.75, 3.05) is 26.1 Å². The van der Waals surface area contributed by atoms with Crippen LogP contribution in [0.1, 0.15) is 17.3 Å². The number of rotatable bonds is 7. The summed E-state index contributed by atoms with van der Waals surface area (Å²) in [7, 11) is 3.07. The van der Waals surface area contributed by atoms with Crippen LogP contribution in [0.25, 0.3) is 0 Å². The zero-order valence-corrected chi connectivity index (χ0v) is 12.8. The zero-order valence-electron chi connectivity index (χ0n) is 12.8. The molecule has 1 amide bonds. The normalized spacial score (nSPS) is 10.3. The van der Waals surface area contributed by atoms with Crippen molar-refractivity contribution in [1.29, 1.82) is 0 Å². The quantitative estimate of drug-likeness (QED) is 0.848. The number of hydrogen-bond donors (Lipinski definition) is 1. The van der Waals surface area contributed by atoms with Crippen molar-refractivity contribution in [2.24, 2.45) is 0 Å². The number of benzene rings is 1. The number of methoxy groups -OCH3 is 2. The molecule has 0 radical (unpaired) electrons. The lowest BCUT2D eigenvalue weighted by atomic mass is 10.2. The molecule has 2 rings (SSSR count). The van der Waals surface area contributed by atoms with Gasteiger partial charge < -0.3 is 19.5 Å². The maximum Gasteiger partial charge on any atom is 0.256 e. The van der Waals surface area contributed by atoms with Crippen molar-refractivity contribution >= 4 is 11.6 Å². The average Bonchev–Trinajstić information content (AvgIpc) is 2.99. The molecule has 1 aromatic heterocycles. The molecule has 0 aliphatic heterocycles. The van der Waals surface area contributed by atoms with Gasteiger partial charge in [0.15, 0.2) is 0 Å². The minimum absolute atomic E-state index is 0.270. The van der Waals surface area contributed by atoms with Crippen molar-refractivity contribution in [1.82, 2.24) is 9.78 Å². The summed E-state index contributed by atoms with van der Waals surface area (Å²) in [4.78, 5) is 12.3. The number of nitrogens with zero attached hydrogens (tertiary/aromatic N) is 2. The summed E-state index contributed by atoms with van der Waals surface area (Å²) in [6.07, 6.45) is 3.26. The van der Waals surface area contributed by atoms with Gasteiger partial charge in [-0.2, -0.15) is 5.10 Å². The van der Waals surface area contributed by atoms with E-state index in [1.54, 1.807) is 35.3 Å². The Morgan fingerprint density at radius 2 is 1.91 bits per heavy atom. The topological polar surface area (TPSA) is 74.6 Å². The highest BCUT2D eigenvalue weighted by atomic mass is 16.5. The highest BCUT2D eigenvalue weighted by Gasteiger charge is 2.11. The fourth-order valence-corrected chi connectivity index (χ4v) is 1.83. The lowest BCUT2D eigenvalue weighted by Crippen LogP contribution is -2.12. The number of carbonyl (C=O) groups is 1. The third kappa shape index (κ3) is 3.98. The molecular formula is C15H19N3O4. The van der Waals surface area contributed by atoms with E-state index < -0.39 is 0 Å². The Morgan fingerprint density at radius 1 is 1.23 bits per heavy atom. The number of aromatic nitrogens is 2. The van der Waals surface area contributed by atoms with Gasteiger partial charge in [-0.3, -0.25) is 4.79 Å². The van der Waals surface area contributed by atoms with Gasteiger partial charge >= 0.3 is 0 Å².